The summed E-state index contributed by atoms with van der Waals surface area (Å²) in [7, 11) is 0. The Bertz CT molecular complexity index is 904. The topological polar surface area (TPSA) is 52.6 Å². The molecule has 2 fully saturated rings. The van der Waals surface area contributed by atoms with E-state index in [4.69, 9.17) is 4.74 Å². The Kier molecular flexibility index (Phi) is 5.68. The van der Waals surface area contributed by atoms with Gasteiger partial charge in [0.2, 0.25) is 0 Å². The molecule has 10 heteroatoms. The van der Waals surface area contributed by atoms with Gasteiger partial charge in [0.05, 0.1) is 0 Å². The summed E-state index contributed by atoms with van der Waals surface area (Å²) < 4.78 is 85.5. The van der Waals surface area contributed by atoms with E-state index in [1.54, 1.807) is 0 Å². The van der Waals surface area contributed by atoms with Gasteiger partial charge in [0, 0.05) is 17.3 Å². The van der Waals surface area contributed by atoms with Crippen LogP contribution in [0.1, 0.15) is 58.8 Å². The average Bonchev–Trinajstić information content (AvgIpc) is 3.03. The molecule has 0 amide bonds. The Morgan fingerprint density at radius 1 is 0.939 bits per heavy atom. The van der Waals surface area contributed by atoms with Crippen molar-refractivity contribution in [2.45, 2.75) is 83.4 Å². The molecule has 0 heterocycles. The van der Waals surface area contributed by atoms with Crippen LogP contribution >= 0.6 is 0 Å². The second kappa shape index (κ2) is 7.77. The molecular formula is C23H26F6O4. The monoisotopic (exact) mass is 480 g/mol. The zero-order valence-electron chi connectivity index (χ0n) is 18.3. The molecule has 33 heavy (non-hydrogen) atoms. The predicted octanol–water partition coefficient (Wildman–Crippen LogP) is 5.82. The first-order valence-corrected chi connectivity index (χ1v) is 11.1. The highest BCUT2D eigenvalue weighted by molar-refractivity contribution is 5.76. The number of carbonyl (C=O) groups excluding carboxylic acids is 2. The molecule has 4 nitrogen and oxygen atoms in total. The zero-order chi connectivity index (χ0) is 24.4. The van der Waals surface area contributed by atoms with Crippen molar-refractivity contribution in [3.05, 3.63) is 23.3 Å². The number of hydrogen-bond donors (Lipinski definition) is 0. The van der Waals surface area contributed by atoms with Crippen molar-refractivity contribution in [3.8, 4) is 0 Å². The highest BCUT2D eigenvalue weighted by Gasteiger charge is 2.58. The molecule has 4 aliphatic carbocycles. The number of rotatable bonds is 2. The fourth-order valence-corrected chi connectivity index (χ4v) is 6.60. The van der Waals surface area contributed by atoms with Crippen molar-refractivity contribution < 1.29 is 45.4 Å². The summed E-state index contributed by atoms with van der Waals surface area (Å²) in [4.78, 5) is 22.7. The van der Waals surface area contributed by atoms with Crippen LogP contribution in [0.5, 0.6) is 0 Å². The summed E-state index contributed by atoms with van der Waals surface area (Å²) in [6.45, 7) is 3.92. The largest absolute Gasteiger partial charge is 0.490 e. The van der Waals surface area contributed by atoms with E-state index < -0.39 is 41.9 Å². The summed E-state index contributed by atoms with van der Waals surface area (Å²) in [5, 5.41) is 0. The minimum absolute atomic E-state index is 0.0407. The molecular weight excluding hydrogens is 454 g/mol. The molecule has 2 unspecified atom stereocenters. The van der Waals surface area contributed by atoms with Gasteiger partial charge in [-0.05, 0) is 50.4 Å². The number of alkyl halides is 6. The van der Waals surface area contributed by atoms with Crippen LogP contribution in [-0.2, 0) is 19.1 Å². The van der Waals surface area contributed by atoms with E-state index in [0.717, 1.165) is 11.1 Å². The van der Waals surface area contributed by atoms with Gasteiger partial charge in [-0.25, -0.2) is 9.59 Å². The second-order valence-electron chi connectivity index (χ2n) is 10.1. The molecule has 0 aliphatic heterocycles. The molecule has 2 saturated carbocycles. The van der Waals surface area contributed by atoms with Crippen LogP contribution < -0.4 is 0 Å². The molecule has 4 rings (SSSR count). The van der Waals surface area contributed by atoms with Crippen molar-refractivity contribution in [1.29, 1.82) is 0 Å². The highest BCUT2D eigenvalue weighted by Crippen LogP contribution is 2.63. The van der Waals surface area contributed by atoms with Gasteiger partial charge in [-0.15, -0.1) is 0 Å². The Balaban J connectivity index is 1.51. The number of ether oxygens (including phenoxy) is 2. The van der Waals surface area contributed by atoms with Crippen molar-refractivity contribution >= 4 is 11.9 Å². The van der Waals surface area contributed by atoms with E-state index >= 15 is 0 Å². The first kappa shape index (κ1) is 24.1. The number of esters is 2. The molecule has 0 spiro atoms. The highest BCUT2D eigenvalue weighted by atomic mass is 19.4. The van der Waals surface area contributed by atoms with Crippen LogP contribution in [0.15, 0.2) is 23.3 Å². The maximum atomic E-state index is 12.7. The average molecular weight is 480 g/mol. The molecule has 184 valence electrons. The number of hydrogen-bond acceptors (Lipinski definition) is 4. The van der Waals surface area contributed by atoms with Crippen LogP contribution in [0.2, 0.25) is 0 Å². The Hall–Kier alpha value is -2.00. The first-order chi connectivity index (χ1) is 15.2. The van der Waals surface area contributed by atoms with E-state index in [2.05, 4.69) is 4.74 Å². The lowest BCUT2D eigenvalue weighted by Gasteiger charge is -2.53. The SMILES string of the molecule is C[C@]12CC[C@H](OC(=O)C(F)(F)F)CC1=CCC1C2=CC[C@@]2(C)C1CC[C@@H]2OC(=O)C(F)(F)F. The molecule has 0 saturated heterocycles. The van der Waals surface area contributed by atoms with E-state index in [9.17, 15) is 35.9 Å². The predicted molar refractivity (Wildman–Crippen MR) is 104 cm³/mol. The normalized spacial score (nSPS) is 38.3. The van der Waals surface area contributed by atoms with Crippen LogP contribution in [0.3, 0.4) is 0 Å². The second-order valence-corrected chi connectivity index (χ2v) is 10.1. The fraction of sp³-hybridized carbons (Fsp3) is 0.739. The van der Waals surface area contributed by atoms with Gasteiger partial charge < -0.3 is 9.47 Å². The van der Waals surface area contributed by atoms with Crippen LogP contribution in [0.25, 0.3) is 0 Å². The van der Waals surface area contributed by atoms with E-state index in [1.165, 1.54) is 0 Å². The summed E-state index contributed by atoms with van der Waals surface area (Å²) >= 11 is 0. The molecule has 0 aromatic carbocycles. The van der Waals surface area contributed by atoms with Gasteiger partial charge in [-0.3, -0.25) is 0 Å². The van der Waals surface area contributed by atoms with Gasteiger partial charge >= 0.3 is 24.3 Å². The van der Waals surface area contributed by atoms with Gasteiger partial charge in [-0.1, -0.05) is 37.1 Å². The fourth-order valence-electron chi connectivity index (χ4n) is 6.60. The first-order valence-electron chi connectivity index (χ1n) is 11.1. The van der Waals surface area contributed by atoms with E-state index in [0.29, 0.717) is 38.5 Å². The molecule has 0 aromatic heterocycles. The molecule has 0 radical (unpaired) electrons. The minimum atomic E-state index is -5.03. The summed E-state index contributed by atoms with van der Waals surface area (Å²) in [5.74, 6) is -4.22. The van der Waals surface area contributed by atoms with Gasteiger partial charge in [-0.2, -0.15) is 26.3 Å². The van der Waals surface area contributed by atoms with Crippen LogP contribution in [-0.4, -0.2) is 36.5 Å². The number of halogens is 6. The summed E-state index contributed by atoms with van der Waals surface area (Å²) in [5.41, 5.74) is 1.12. The molecule has 4 aliphatic rings. The summed E-state index contributed by atoms with van der Waals surface area (Å²) in [6, 6.07) is 0. The lowest BCUT2D eigenvalue weighted by atomic mass is 9.52. The van der Waals surface area contributed by atoms with Crippen LogP contribution in [0, 0.1) is 22.7 Å². The third-order valence-electron chi connectivity index (χ3n) is 8.33. The third kappa shape index (κ3) is 4.07. The van der Waals surface area contributed by atoms with E-state index in [1.807, 2.05) is 26.0 Å². The molecule has 0 aromatic rings. The van der Waals surface area contributed by atoms with Crippen molar-refractivity contribution in [3.63, 3.8) is 0 Å². The third-order valence-corrected chi connectivity index (χ3v) is 8.33. The lowest BCUT2D eigenvalue weighted by molar-refractivity contribution is -0.210. The Labute approximate surface area is 187 Å². The smallest absolute Gasteiger partial charge is 0.455 e. The molecule has 6 atom stereocenters. The van der Waals surface area contributed by atoms with Crippen molar-refractivity contribution in [2.24, 2.45) is 22.7 Å². The Morgan fingerprint density at radius 3 is 2.21 bits per heavy atom. The quantitative estimate of drug-likeness (QED) is 0.284. The number of allylic oxidation sites excluding steroid dienone is 3. The van der Waals surface area contributed by atoms with Crippen LogP contribution in [0.4, 0.5) is 26.3 Å². The standard InChI is InChI=1S/C23H26F6O4/c1-20-9-7-13(32-18(30)22(24,25)26)11-12(20)3-4-14-15-5-6-17(33-19(31)23(27,28)29)21(15,2)10-8-16(14)20/h3,8,13-15,17H,4-7,9-11H2,1-2H3/t13-,14?,15?,17-,20-,21-/m0/s1. The van der Waals surface area contributed by atoms with E-state index in [-0.39, 0.29) is 23.7 Å². The number of fused-ring (bicyclic) bond motifs is 5. The maximum Gasteiger partial charge on any atom is 0.490 e. The molecule has 0 bridgehead atoms. The van der Waals surface area contributed by atoms with Gasteiger partial charge in [0.15, 0.2) is 0 Å². The maximum absolute atomic E-state index is 12.7. The minimum Gasteiger partial charge on any atom is -0.455 e. The molecule has 0 N–H and O–H groups in total. The summed E-state index contributed by atoms with van der Waals surface area (Å²) in [6.07, 6.45) is -4.55. The Morgan fingerprint density at radius 2 is 1.58 bits per heavy atom. The van der Waals surface area contributed by atoms with Gasteiger partial charge in [0.25, 0.3) is 0 Å². The zero-order valence-corrected chi connectivity index (χ0v) is 18.3. The van der Waals surface area contributed by atoms with Crippen molar-refractivity contribution in [1.82, 2.24) is 0 Å². The lowest BCUT2D eigenvalue weighted by Crippen LogP contribution is -2.47. The van der Waals surface area contributed by atoms with Gasteiger partial charge in [0.1, 0.15) is 12.2 Å². The number of carbonyl (C=O) groups is 2. The van der Waals surface area contributed by atoms with Crippen molar-refractivity contribution in [2.75, 3.05) is 0 Å².